The van der Waals surface area contributed by atoms with E-state index in [0.29, 0.717) is 70.9 Å². The Hall–Kier alpha value is -6.28. The van der Waals surface area contributed by atoms with Gasteiger partial charge in [0.25, 0.3) is 0 Å². The quantitative estimate of drug-likeness (QED) is 0.206. The second-order valence-electron chi connectivity index (χ2n) is 30.0. The average Bonchev–Trinajstić information content (AvgIpc) is 1.74. The number of halogens is 4. The Balaban J connectivity index is 1.27. The van der Waals surface area contributed by atoms with E-state index in [2.05, 4.69) is 16.0 Å². The standard InChI is InChI=1S/C71H114ClF3N12O12/c1-11-35-86-55(66(96)85-36-21-14-22-37-85)41-57(89)82(8)46(4)62(92)77-60(45(3)12-2)67(97)81(7)43-58(90)79(5)44-59(91)83(9)54(40-47-24-15-13-16-25-47)65(95)80(6)42-56(88)76-52(32-30-48-29-31-50(51(72)39-48)71(73,74)75)64(94)87-38-23-28-53(87)63(93)78-70(33-19-20-34-70)69(99)84(10)61(68(86)98)49-26-17-18-27-49/h45-55,60-61H,11-44H2,1-10H3,(H,76,88)(H,77,92)(H,78,93)/t45-,46-,48?,50?,51?,52-,53-,54-,55-,60-,61-/m0/s1. The van der Waals surface area contributed by atoms with Crippen molar-refractivity contribution in [1.29, 1.82) is 0 Å². The number of piperidine rings is 1. The lowest BCUT2D eigenvalue weighted by atomic mass is 9.78. The lowest BCUT2D eigenvalue weighted by Crippen LogP contribution is -2.65. The predicted molar refractivity (Wildman–Crippen MR) is 365 cm³/mol. The van der Waals surface area contributed by atoms with Gasteiger partial charge in [-0.3, -0.25) is 57.5 Å². The SMILES string of the molecule is CCCN1C(=O)[C@H](C2CCCC2)N(C)C(=O)C2(CCCC2)NC(=O)[C@@H]2CCCN2C(=O)[C@H](CCC2CCC(C(F)(F)F)C(Cl)C2)NC(=O)CN(C)C(=O)[C@H](CC2CCCCC2)N(C)C(=O)CN(C)C(=O)CN(C)C(=O)[C@H]([C@@H](C)CC)NC(=O)[C@H](C)N(C)C(=O)C[C@H]1C(=O)N1CCCCC1. The molecular weight excluding hydrogens is 1310 g/mol. The molecule has 12 amide bonds. The Morgan fingerprint density at radius 3 is 1.85 bits per heavy atom. The van der Waals surface area contributed by atoms with Crippen LogP contribution in [0.4, 0.5) is 13.2 Å². The van der Waals surface area contributed by atoms with Crippen molar-refractivity contribution in [2.75, 3.05) is 88.1 Å². The molecule has 3 unspecified atom stereocenters. The Morgan fingerprint density at radius 1 is 0.616 bits per heavy atom. The van der Waals surface area contributed by atoms with Gasteiger partial charge >= 0.3 is 6.18 Å². The first-order valence-electron chi connectivity index (χ1n) is 36.9. The maximum absolute atomic E-state index is 16.0. The van der Waals surface area contributed by atoms with E-state index in [-0.39, 0.29) is 88.6 Å². The van der Waals surface area contributed by atoms with Crippen molar-refractivity contribution in [2.45, 2.75) is 260 Å². The van der Waals surface area contributed by atoms with E-state index >= 15 is 24.0 Å². The van der Waals surface area contributed by atoms with Crippen molar-refractivity contribution in [3.63, 3.8) is 0 Å². The third kappa shape index (κ3) is 20.1. The third-order valence-corrected chi connectivity index (χ3v) is 23.5. The number of likely N-dealkylation sites (tertiary alicyclic amines) is 1. The molecule has 3 aliphatic heterocycles. The first kappa shape index (κ1) is 80.0. The van der Waals surface area contributed by atoms with Gasteiger partial charge in [0.2, 0.25) is 70.9 Å². The Morgan fingerprint density at radius 2 is 1.23 bits per heavy atom. The lowest BCUT2D eigenvalue weighted by molar-refractivity contribution is -0.182. The number of rotatable bonds is 11. The van der Waals surface area contributed by atoms with Crippen molar-refractivity contribution in [3.05, 3.63) is 0 Å². The number of nitrogens with zero attached hydrogens (tertiary/aromatic N) is 9. The van der Waals surface area contributed by atoms with E-state index in [1.54, 1.807) is 18.9 Å². The number of likely N-dealkylation sites (N-methyl/N-ethyl adjacent to an activating group) is 6. The highest BCUT2D eigenvalue weighted by molar-refractivity contribution is 6.21. The van der Waals surface area contributed by atoms with Gasteiger partial charge in [-0.25, -0.2) is 0 Å². The van der Waals surface area contributed by atoms with Crippen molar-refractivity contribution >= 4 is 82.5 Å². The van der Waals surface area contributed by atoms with E-state index in [9.17, 15) is 46.7 Å². The molecule has 24 nitrogen and oxygen atoms in total. The zero-order valence-electron chi connectivity index (χ0n) is 60.5. The first-order chi connectivity index (χ1) is 46.8. The fourth-order valence-corrected chi connectivity index (χ4v) is 16.9. The van der Waals surface area contributed by atoms with Crippen LogP contribution in [-0.2, 0) is 57.5 Å². The second kappa shape index (κ2) is 36.0. The van der Waals surface area contributed by atoms with Crippen LogP contribution >= 0.6 is 11.6 Å². The minimum absolute atomic E-state index is 0.00385. The second-order valence-corrected chi connectivity index (χ2v) is 30.6. The molecular formula is C71H114ClF3N12O12. The number of carbonyl (C=O) groups is 12. The van der Waals surface area contributed by atoms with Crippen LogP contribution in [0, 0.1) is 29.6 Å². The molecule has 11 atom stereocenters. The molecule has 3 saturated heterocycles. The topological polar surface area (TPSA) is 270 Å². The van der Waals surface area contributed by atoms with Crippen LogP contribution in [0.1, 0.15) is 201 Å². The van der Waals surface area contributed by atoms with Gasteiger partial charge < -0.3 is 60.0 Å². The normalized spacial score (nSPS) is 30.1. The Kier molecular flexibility index (Phi) is 29.1. The van der Waals surface area contributed by atoms with Crippen molar-refractivity contribution < 1.29 is 70.7 Å². The third-order valence-electron chi connectivity index (χ3n) is 23.0. The summed E-state index contributed by atoms with van der Waals surface area (Å²) >= 11 is 6.41. The van der Waals surface area contributed by atoms with Gasteiger partial charge in [0.15, 0.2) is 0 Å². The molecule has 558 valence electrons. The molecule has 0 aromatic rings. The summed E-state index contributed by atoms with van der Waals surface area (Å²) in [5.74, 6) is -10.3. The molecule has 0 aromatic heterocycles. The molecule has 7 aliphatic rings. The predicted octanol–water partition coefficient (Wildman–Crippen LogP) is 5.85. The van der Waals surface area contributed by atoms with Gasteiger partial charge in [-0.2, -0.15) is 13.2 Å². The summed E-state index contributed by atoms with van der Waals surface area (Å²) in [6, 6.07) is -8.49. The molecule has 7 fully saturated rings. The molecule has 1 spiro atoms. The fourth-order valence-electron chi connectivity index (χ4n) is 16.4. The number of carbonyl (C=O) groups excluding carboxylic acids is 12. The fraction of sp³-hybridized carbons (Fsp3) is 0.831. The van der Waals surface area contributed by atoms with E-state index < -0.39 is 168 Å². The van der Waals surface area contributed by atoms with Gasteiger partial charge in [-0.05, 0) is 133 Å². The molecule has 3 N–H and O–H groups in total. The minimum Gasteiger partial charge on any atom is -0.343 e. The molecule has 28 heteroatoms. The first-order valence-corrected chi connectivity index (χ1v) is 37.3. The van der Waals surface area contributed by atoms with Crippen LogP contribution in [-0.4, -0.2) is 262 Å². The summed E-state index contributed by atoms with van der Waals surface area (Å²) in [5.41, 5.74) is -1.54. The maximum atomic E-state index is 16.0. The smallest absolute Gasteiger partial charge is 0.343 e. The van der Waals surface area contributed by atoms with Crippen LogP contribution in [0.3, 0.4) is 0 Å². The minimum atomic E-state index is -4.51. The van der Waals surface area contributed by atoms with Crippen LogP contribution in [0.15, 0.2) is 0 Å². The summed E-state index contributed by atoms with van der Waals surface area (Å²) < 4.78 is 42.0. The Bertz CT molecular complexity index is 2870. The molecule has 4 saturated carbocycles. The Labute approximate surface area is 588 Å². The number of alkyl halides is 4. The van der Waals surface area contributed by atoms with Gasteiger partial charge in [0.1, 0.15) is 47.8 Å². The molecule has 0 bridgehead atoms. The van der Waals surface area contributed by atoms with E-state index in [1.807, 2.05) is 13.8 Å². The summed E-state index contributed by atoms with van der Waals surface area (Å²) in [4.78, 5) is 191. The summed E-state index contributed by atoms with van der Waals surface area (Å²) in [6.45, 7) is 6.18. The van der Waals surface area contributed by atoms with Crippen molar-refractivity contribution in [1.82, 2.24) is 60.0 Å². The highest BCUT2D eigenvalue weighted by atomic mass is 35.5. The van der Waals surface area contributed by atoms with Gasteiger partial charge in [-0.1, -0.05) is 85.0 Å². The molecule has 3 heterocycles. The number of fused-ring (bicyclic) bond motifs is 1. The zero-order chi connectivity index (χ0) is 72.8. The molecule has 4 aliphatic carbocycles. The van der Waals surface area contributed by atoms with E-state index in [0.717, 1.165) is 66.1 Å². The van der Waals surface area contributed by atoms with Gasteiger partial charge in [-0.15, -0.1) is 11.6 Å². The van der Waals surface area contributed by atoms with Crippen LogP contribution in [0.2, 0.25) is 0 Å². The monoisotopic (exact) mass is 1420 g/mol. The summed E-state index contributed by atoms with van der Waals surface area (Å²) in [6.07, 6.45) is 7.39. The van der Waals surface area contributed by atoms with Crippen molar-refractivity contribution in [3.8, 4) is 0 Å². The molecule has 0 radical (unpaired) electrons. The zero-order valence-corrected chi connectivity index (χ0v) is 61.2. The largest absolute Gasteiger partial charge is 0.393 e. The van der Waals surface area contributed by atoms with E-state index in [4.69, 9.17) is 11.6 Å². The number of hydrogen-bond acceptors (Lipinski definition) is 12. The highest BCUT2D eigenvalue weighted by Gasteiger charge is 2.53. The van der Waals surface area contributed by atoms with Gasteiger partial charge in [0, 0.05) is 73.8 Å². The average molecular weight is 1420 g/mol. The van der Waals surface area contributed by atoms with Crippen LogP contribution in [0.5, 0.6) is 0 Å². The molecule has 7 rings (SSSR count). The van der Waals surface area contributed by atoms with Crippen molar-refractivity contribution in [2.24, 2.45) is 29.6 Å². The van der Waals surface area contributed by atoms with Crippen LogP contribution < -0.4 is 16.0 Å². The molecule has 99 heavy (non-hydrogen) atoms. The highest BCUT2D eigenvalue weighted by Crippen LogP contribution is 2.44. The van der Waals surface area contributed by atoms with Crippen LogP contribution in [0.25, 0.3) is 0 Å². The summed E-state index contributed by atoms with van der Waals surface area (Å²) in [7, 11) is 8.58. The number of amides is 12. The molecule has 0 aromatic carbocycles. The number of nitrogens with one attached hydrogen (secondary N) is 3. The van der Waals surface area contributed by atoms with E-state index in [1.165, 1.54) is 66.7 Å². The maximum Gasteiger partial charge on any atom is 0.393 e. The van der Waals surface area contributed by atoms with Gasteiger partial charge in [0.05, 0.1) is 32.0 Å². The number of hydrogen-bond donors (Lipinski definition) is 3. The lowest BCUT2D eigenvalue weighted by Gasteiger charge is -2.43. The summed E-state index contributed by atoms with van der Waals surface area (Å²) in [5, 5.41) is 7.56.